The number of benzene rings is 1. The Balaban J connectivity index is 1.69. The molecule has 3 aromatic heterocycles. The molecule has 28 heavy (non-hydrogen) atoms. The maximum atomic E-state index is 13.0. The van der Waals surface area contributed by atoms with Crippen LogP contribution in [0.2, 0.25) is 0 Å². The quantitative estimate of drug-likeness (QED) is 0.570. The predicted octanol–water partition coefficient (Wildman–Crippen LogP) is 3.68. The molecule has 0 aliphatic carbocycles. The van der Waals surface area contributed by atoms with E-state index < -0.39 is 0 Å². The van der Waals surface area contributed by atoms with Crippen LogP contribution in [0.1, 0.15) is 16.9 Å². The van der Waals surface area contributed by atoms with Crippen LogP contribution in [0.15, 0.2) is 45.3 Å². The highest BCUT2D eigenvalue weighted by Crippen LogP contribution is 2.31. The fourth-order valence-corrected chi connectivity index (χ4v) is 3.87. The SMILES string of the molecule is Cc1cc(NC(=O)Cn2cnc3scc(-c4ccc(C)c(C)c4)c3c2=O)no1. The molecule has 4 rings (SSSR count). The Hall–Kier alpha value is -3.26. The van der Waals surface area contributed by atoms with Crippen molar-refractivity contribution in [2.24, 2.45) is 0 Å². The van der Waals surface area contributed by atoms with Crippen LogP contribution < -0.4 is 10.9 Å². The van der Waals surface area contributed by atoms with Gasteiger partial charge in [-0.1, -0.05) is 23.4 Å². The van der Waals surface area contributed by atoms with Crippen molar-refractivity contribution in [3.63, 3.8) is 0 Å². The Morgan fingerprint density at radius 2 is 2.04 bits per heavy atom. The van der Waals surface area contributed by atoms with Gasteiger partial charge in [-0.15, -0.1) is 11.3 Å². The zero-order chi connectivity index (χ0) is 19.8. The van der Waals surface area contributed by atoms with Crippen molar-refractivity contribution in [1.29, 1.82) is 0 Å². The molecule has 3 heterocycles. The number of rotatable bonds is 4. The Kier molecular flexibility index (Phi) is 4.56. The van der Waals surface area contributed by atoms with E-state index in [9.17, 15) is 9.59 Å². The van der Waals surface area contributed by atoms with Gasteiger partial charge >= 0.3 is 0 Å². The summed E-state index contributed by atoms with van der Waals surface area (Å²) in [4.78, 5) is 30.3. The van der Waals surface area contributed by atoms with Crippen LogP contribution in [0.5, 0.6) is 0 Å². The highest BCUT2D eigenvalue weighted by atomic mass is 32.1. The van der Waals surface area contributed by atoms with E-state index in [1.807, 2.05) is 31.4 Å². The van der Waals surface area contributed by atoms with Crippen LogP contribution in [-0.2, 0) is 11.3 Å². The van der Waals surface area contributed by atoms with Crippen LogP contribution in [0.25, 0.3) is 21.3 Å². The molecule has 4 aromatic rings. The molecule has 142 valence electrons. The van der Waals surface area contributed by atoms with E-state index in [1.165, 1.54) is 27.8 Å². The lowest BCUT2D eigenvalue weighted by atomic mass is 10.0. The van der Waals surface area contributed by atoms with Gasteiger partial charge in [-0.2, -0.15) is 0 Å². The number of carbonyl (C=O) groups excluding carboxylic acids is 1. The lowest BCUT2D eigenvalue weighted by molar-refractivity contribution is -0.116. The highest BCUT2D eigenvalue weighted by Gasteiger charge is 2.15. The molecule has 0 aliphatic rings. The van der Waals surface area contributed by atoms with Crippen LogP contribution in [0, 0.1) is 20.8 Å². The number of aryl methyl sites for hydroxylation is 3. The number of amides is 1. The zero-order valence-electron chi connectivity index (χ0n) is 15.6. The smallest absolute Gasteiger partial charge is 0.263 e. The van der Waals surface area contributed by atoms with Gasteiger partial charge in [0.05, 0.1) is 11.7 Å². The summed E-state index contributed by atoms with van der Waals surface area (Å²) in [5, 5.41) is 8.80. The van der Waals surface area contributed by atoms with E-state index >= 15 is 0 Å². The predicted molar refractivity (Wildman–Crippen MR) is 109 cm³/mol. The molecule has 0 bridgehead atoms. The van der Waals surface area contributed by atoms with E-state index in [0.717, 1.165) is 16.7 Å². The Bertz CT molecular complexity index is 1250. The molecular weight excluding hydrogens is 376 g/mol. The van der Waals surface area contributed by atoms with Crippen molar-refractivity contribution >= 4 is 33.3 Å². The van der Waals surface area contributed by atoms with Gasteiger partial charge in [0.15, 0.2) is 5.82 Å². The molecule has 0 saturated carbocycles. The van der Waals surface area contributed by atoms with Crippen LogP contribution in [-0.4, -0.2) is 20.6 Å². The fraction of sp³-hybridized carbons (Fsp3) is 0.200. The van der Waals surface area contributed by atoms with E-state index in [0.29, 0.717) is 21.8 Å². The summed E-state index contributed by atoms with van der Waals surface area (Å²) in [5.74, 6) is 0.530. The highest BCUT2D eigenvalue weighted by molar-refractivity contribution is 7.17. The molecule has 7 nitrogen and oxygen atoms in total. The average molecular weight is 394 g/mol. The van der Waals surface area contributed by atoms with Crippen molar-refractivity contribution in [3.05, 3.63) is 63.2 Å². The minimum Gasteiger partial charge on any atom is -0.360 e. The van der Waals surface area contributed by atoms with Gasteiger partial charge in [0.2, 0.25) is 5.91 Å². The summed E-state index contributed by atoms with van der Waals surface area (Å²) in [6.07, 6.45) is 1.40. The number of hydrogen-bond acceptors (Lipinski definition) is 6. The number of fused-ring (bicyclic) bond motifs is 1. The Morgan fingerprint density at radius 3 is 2.75 bits per heavy atom. The normalized spacial score (nSPS) is 11.1. The standard InChI is InChI=1S/C20H18N4O3S/c1-11-4-5-14(6-12(11)2)15-9-28-19-18(15)20(26)24(10-21-19)8-17(25)22-16-7-13(3)27-23-16/h4-7,9-10H,8H2,1-3H3,(H,22,23,25). The Morgan fingerprint density at radius 1 is 1.21 bits per heavy atom. The van der Waals surface area contributed by atoms with Gasteiger partial charge in [-0.3, -0.25) is 14.2 Å². The van der Waals surface area contributed by atoms with Crippen LogP contribution in [0.3, 0.4) is 0 Å². The third kappa shape index (κ3) is 3.34. The van der Waals surface area contributed by atoms with Gasteiger partial charge in [0, 0.05) is 17.0 Å². The number of nitrogens with one attached hydrogen (secondary N) is 1. The summed E-state index contributed by atoms with van der Waals surface area (Å²) in [6, 6.07) is 7.71. The second-order valence-electron chi connectivity index (χ2n) is 6.68. The molecule has 0 aliphatic heterocycles. The van der Waals surface area contributed by atoms with Gasteiger partial charge in [0.1, 0.15) is 17.1 Å². The molecule has 1 N–H and O–H groups in total. The third-order valence-electron chi connectivity index (χ3n) is 4.59. The summed E-state index contributed by atoms with van der Waals surface area (Å²) in [6.45, 7) is 5.67. The minimum atomic E-state index is -0.375. The summed E-state index contributed by atoms with van der Waals surface area (Å²) in [7, 11) is 0. The third-order valence-corrected chi connectivity index (χ3v) is 5.47. The van der Waals surface area contributed by atoms with Crippen molar-refractivity contribution in [2.75, 3.05) is 5.32 Å². The first kappa shape index (κ1) is 18.1. The van der Waals surface area contributed by atoms with E-state index in [4.69, 9.17) is 4.52 Å². The van der Waals surface area contributed by atoms with Crippen LogP contribution >= 0.6 is 11.3 Å². The number of nitrogens with zero attached hydrogens (tertiary/aromatic N) is 3. The largest absolute Gasteiger partial charge is 0.360 e. The van der Waals surface area contributed by atoms with Gasteiger partial charge in [-0.25, -0.2) is 4.98 Å². The summed E-state index contributed by atoms with van der Waals surface area (Å²) in [5.41, 5.74) is 3.91. The molecule has 8 heteroatoms. The molecule has 0 atom stereocenters. The monoisotopic (exact) mass is 394 g/mol. The van der Waals surface area contributed by atoms with Crippen molar-refractivity contribution in [3.8, 4) is 11.1 Å². The first-order chi connectivity index (χ1) is 13.4. The molecule has 0 radical (unpaired) electrons. The van der Waals surface area contributed by atoms with Crippen LogP contribution in [0.4, 0.5) is 5.82 Å². The molecule has 0 saturated heterocycles. The van der Waals surface area contributed by atoms with E-state index in [-0.39, 0.29) is 18.0 Å². The van der Waals surface area contributed by atoms with Gasteiger partial charge < -0.3 is 9.84 Å². The number of carbonyl (C=O) groups is 1. The second kappa shape index (κ2) is 7.05. The molecule has 0 unspecified atom stereocenters. The maximum Gasteiger partial charge on any atom is 0.263 e. The summed E-state index contributed by atoms with van der Waals surface area (Å²) < 4.78 is 6.23. The van der Waals surface area contributed by atoms with Crippen molar-refractivity contribution in [1.82, 2.24) is 14.7 Å². The van der Waals surface area contributed by atoms with Gasteiger partial charge in [0.25, 0.3) is 5.56 Å². The van der Waals surface area contributed by atoms with Crippen molar-refractivity contribution < 1.29 is 9.32 Å². The molecule has 1 amide bonds. The molecule has 1 aromatic carbocycles. The van der Waals surface area contributed by atoms with E-state index in [2.05, 4.69) is 21.5 Å². The maximum absolute atomic E-state index is 13.0. The number of hydrogen-bond donors (Lipinski definition) is 1. The molecular formula is C20H18N4O3S. The lowest BCUT2D eigenvalue weighted by Crippen LogP contribution is -2.27. The number of anilines is 1. The first-order valence-electron chi connectivity index (χ1n) is 8.70. The van der Waals surface area contributed by atoms with Gasteiger partial charge in [-0.05, 0) is 37.5 Å². The average Bonchev–Trinajstić information content (AvgIpc) is 3.26. The summed E-state index contributed by atoms with van der Waals surface area (Å²) >= 11 is 1.42. The van der Waals surface area contributed by atoms with Crippen molar-refractivity contribution in [2.45, 2.75) is 27.3 Å². The lowest BCUT2D eigenvalue weighted by Gasteiger charge is -2.07. The number of aromatic nitrogens is 3. The molecule has 0 spiro atoms. The fourth-order valence-electron chi connectivity index (χ4n) is 2.96. The Labute approximate surface area is 164 Å². The second-order valence-corrected chi connectivity index (χ2v) is 7.54. The number of thiophene rings is 1. The zero-order valence-corrected chi connectivity index (χ0v) is 16.5. The first-order valence-corrected chi connectivity index (χ1v) is 9.58. The molecule has 0 fully saturated rings. The minimum absolute atomic E-state index is 0.157. The van der Waals surface area contributed by atoms with E-state index in [1.54, 1.807) is 13.0 Å². The topological polar surface area (TPSA) is 90.0 Å².